The molecular formula is C29H35NO5S. The maximum Gasteiger partial charge on any atom is 0.335 e. The minimum Gasteiger partial charge on any atom is -0.481 e. The smallest absolute Gasteiger partial charge is 0.335 e. The van der Waals surface area contributed by atoms with Crippen molar-refractivity contribution in [2.75, 3.05) is 13.1 Å². The predicted molar refractivity (Wildman–Crippen MR) is 143 cm³/mol. The first-order valence-corrected chi connectivity index (χ1v) is 13.2. The normalized spacial score (nSPS) is 12.1. The molecule has 1 aromatic heterocycles. The highest BCUT2D eigenvalue weighted by atomic mass is 32.1. The van der Waals surface area contributed by atoms with Gasteiger partial charge in [0.1, 0.15) is 0 Å². The first-order valence-electron chi connectivity index (χ1n) is 12.4. The quantitative estimate of drug-likeness (QED) is 0.234. The monoisotopic (exact) mass is 509 g/mol. The highest BCUT2D eigenvalue weighted by Crippen LogP contribution is 2.20. The third-order valence-corrected chi connectivity index (χ3v) is 7.09. The number of aryl methyl sites for hydroxylation is 2. The van der Waals surface area contributed by atoms with Gasteiger partial charge in [-0.25, -0.2) is 4.79 Å². The molecule has 2 N–H and O–H groups in total. The van der Waals surface area contributed by atoms with Gasteiger partial charge in [0, 0.05) is 29.3 Å². The first kappa shape index (κ1) is 27.6. The molecule has 192 valence electrons. The van der Waals surface area contributed by atoms with Gasteiger partial charge in [-0.2, -0.15) is 0 Å². The van der Waals surface area contributed by atoms with E-state index in [-0.39, 0.29) is 18.1 Å². The van der Waals surface area contributed by atoms with Gasteiger partial charge in [-0.15, -0.1) is 11.3 Å². The van der Waals surface area contributed by atoms with Crippen molar-refractivity contribution in [3.05, 3.63) is 93.2 Å². The summed E-state index contributed by atoms with van der Waals surface area (Å²) in [4.78, 5) is 26.8. The van der Waals surface area contributed by atoms with E-state index in [0.29, 0.717) is 26.1 Å². The number of aliphatic carboxylic acids is 1. The highest BCUT2D eigenvalue weighted by molar-refractivity contribution is 7.11. The Morgan fingerprint density at radius 2 is 1.61 bits per heavy atom. The van der Waals surface area contributed by atoms with Crippen LogP contribution in [0.15, 0.2) is 66.7 Å². The van der Waals surface area contributed by atoms with Crippen molar-refractivity contribution in [1.29, 1.82) is 0 Å². The number of nitrogens with zero attached hydrogens (tertiary/aromatic N) is 1. The lowest BCUT2D eigenvalue weighted by Crippen LogP contribution is -2.33. The average molecular weight is 510 g/mol. The van der Waals surface area contributed by atoms with Crippen LogP contribution < -0.4 is 0 Å². The van der Waals surface area contributed by atoms with Crippen LogP contribution in [0, 0.1) is 0 Å². The lowest BCUT2D eigenvalue weighted by atomic mass is 10.1. The summed E-state index contributed by atoms with van der Waals surface area (Å²) in [6.07, 6.45) is 3.62. The van der Waals surface area contributed by atoms with Crippen molar-refractivity contribution >= 4 is 23.3 Å². The summed E-state index contributed by atoms with van der Waals surface area (Å²) < 4.78 is 6.16. The molecule has 36 heavy (non-hydrogen) atoms. The number of hydrogen-bond acceptors (Lipinski definition) is 5. The van der Waals surface area contributed by atoms with Crippen LogP contribution in [0.1, 0.15) is 57.4 Å². The van der Waals surface area contributed by atoms with E-state index in [0.717, 1.165) is 31.4 Å². The SMILES string of the molecule is C[C@H](CN(CCCCC(=O)O)Cc1ccc(C(=O)O)cc1)OCc1ccc(CCc2ccccc2)s1. The van der Waals surface area contributed by atoms with E-state index in [2.05, 4.69) is 48.2 Å². The van der Waals surface area contributed by atoms with Gasteiger partial charge in [0.2, 0.25) is 0 Å². The van der Waals surface area contributed by atoms with Crippen LogP contribution in [0.4, 0.5) is 0 Å². The fourth-order valence-electron chi connectivity index (χ4n) is 4.04. The fraction of sp³-hybridized carbons (Fsp3) is 0.379. The standard InChI is InChI=1S/C29H35NO5S/c1-22(35-21-27-17-16-26(36-27)15-12-23-7-3-2-4-8-23)19-30(18-6-5-9-28(31)32)20-24-10-13-25(14-11-24)29(33)34/h2-4,7-8,10-11,13-14,16-17,22H,5-6,9,12,15,18-21H2,1H3,(H,31,32)(H,33,34)/t22-/m1/s1. The Hall–Kier alpha value is -3.00. The Labute approximate surface area is 217 Å². The van der Waals surface area contributed by atoms with E-state index in [9.17, 15) is 9.59 Å². The molecule has 3 aromatic rings. The van der Waals surface area contributed by atoms with Crippen molar-refractivity contribution in [3.8, 4) is 0 Å². The van der Waals surface area contributed by atoms with Gasteiger partial charge in [0.05, 0.1) is 18.3 Å². The van der Waals surface area contributed by atoms with E-state index >= 15 is 0 Å². The van der Waals surface area contributed by atoms with Crippen LogP contribution in [0.2, 0.25) is 0 Å². The summed E-state index contributed by atoms with van der Waals surface area (Å²) in [5.41, 5.74) is 2.63. The average Bonchev–Trinajstić information content (AvgIpc) is 3.33. The molecule has 2 aromatic carbocycles. The maximum absolute atomic E-state index is 11.1. The number of aromatic carboxylic acids is 1. The summed E-state index contributed by atoms with van der Waals surface area (Å²) in [6.45, 7) is 4.74. The van der Waals surface area contributed by atoms with Crippen molar-refractivity contribution in [3.63, 3.8) is 0 Å². The third-order valence-electron chi connectivity index (χ3n) is 5.97. The molecule has 0 unspecified atom stereocenters. The van der Waals surface area contributed by atoms with E-state index in [1.165, 1.54) is 15.3 Å². The summed E-state index contributed by atoms with van der Waals surface area (Å²) in [5, 5.41) is 18.0. The van der Waals surface area contributed by atoms with E-state index < -0.39 is 11.9 Å². The molecule has 0 bridgehead atoms. The van der Waals surface area contributed by atoms with E-state index in [4.69, 9.17) is 14.9 Å². The number of rotatable bonds is 16. The number of hydrogen-bond donors (Lipinski definition) is 2. The molecule has 0 aliphatic rings. The number of carboxylic acids is 2. The molecule has 0 spiro atoms. The molecular weight excluding hydrogens is 474 g/mol. The molecule has 7 heteroatoms. The molecule has 0 aliphatic heterocycles. The van der Waals surface area contributed by atoms with Crippen LogP contribution in [0.25, 0.3) is 0 Å². The minimum absolute atomic E-state index is 0.00219. The van der Waals surface area contributed by atoms with Crippen LogP contribution in [-0.4, -0.2) is 46.2 Å². The predicted octanol–water partition coefficient (Wildman–Crippen LogP) is 5.89. The van der Waals surface area contributed by atoms with Gasteiger partial charge in [-0.05, 0) is 74.5 Å². The zero-order valence-electron chi connectivity index (χ0n) is 20.8. The second-order valence-corrected chi connectivity index (χ2v) is 10.3. The fourth-order valence-corrected chi connectivity index (χ4v) is 4.98. The number of unbranched alkanes of at least 4 members (excludes halogenated alkanes) is 1. The molecule has 0 radical (unpaired) electrons. The molecule has 0 aliphatic carbocycles. The zero-order valence-corrected chi connectivity index (χ0v) is 21.6. The van der Waals surface area contributed by atoms with Gasteiger partial charge in [-0.1, -0.05) is 42.5 Å². The number of benzene rings is 2. The van der Waals surface area contributed by atoms with Gasteiger partial charge in [0.15, 0.2) is 0 Å². The van der Waals surface area contributed by atoms with Crippen LogP contribution >= 0.6 is 11.3 Å². The van der Waals surface area contributed by atoms with E-state index in [1.807, 2.05) is 18.2 Å². The number of thiophene rings is 1. The summed E-state index contributed by atoms with van der Waals surface area (Å²) >= 11 is 1.80. The molecule has 0 amide bonds. The highest BCUT2D eigenvalue weighted by Gasteiger charge is 2.13. The van der Waals surface area contributed by atoms with Gasteiger partial charge in [0.25, 0.3) is 0 Å². The number of carboxylic acid groups (broad SMARTS) is 2. The summed E-state index contributed by atoms with van der Waals surface area (Å²) in [5.74, 6) is -1.72. The second kappa shape index (κ2) is 14.5. The van der Waals surface area contributed by atoms with Gasteiger partial charge in [-0.3, -0.25) is 9.69 Å². The van der Waals surface area contributed by atoms with Crippen LogP contribution in [0.3, 0.4) is 0 Å². The van der Waals surface area contributed by atoms with Crippen LogP contribution in [-0.2, 0) is 35.5 Å². The molecule has 3 rings (SSSR count). The first-order chi connectivity index (χ1) is 17.4. The largest absolute Gasteiger partial charge is 0.481 e. The summed E-state index contributed by atoms with van der Waals surface area (Å²) in [6, 6.07) is 21.7. The summed E-state index contributed by atoms with van der Waals surface area (Å²) in [7, 11) is 0. The topological polar surface area (TPSA) is 87.1 Å². The molecule has 0 fully saturated rings. The van der Waals surface area contributed by atoms with Gasteiger partial charge >= 0.3 is 11.9 Å². The maximum atomic E-state index is 11.1. The lowest BCUT2D eigenvalue weighted by Gasteiger charge is -2.26. The zero-order chi connectivity index (χ0) is 25.8. The Kier molecular flexibility index (Phi) is 11.1. The van der Waals surface area contributed by atoms with Gasteiger partial charge < -0.3 is 14.9 Å². The lowest BCUT2D eigenvalue weighted by molar-refractivity contribution is -0.137. The van der Waals surface area contributed by atoms with Crippen molar-refractivity contribution in [1.82, 2.24) is 4.90 Å². The molecule has 1 atom stereocenters. The van der Waals surface area contributed by atoms with Crippen molar-refractivity contribution in [2.24, 2.45) is 0 Å². The van der Waals surface area contributed by atoms with Crippen LogP contribution in [0.5, 0.6) is 0 Å². The number of ether oxygens (including phenoxy) is 1. The Morgan fingerprint density at radius 3 is 2.31 bits per heavy atom. The Morgan fingerprint density at radius 1 is 0.889 bits per heavy atom. The van der Waals surface area contributed by atoms with Crippen molar-refractivity contribution < 1.29 is 24.5 Å². The van der Waals surface area contributed by atoms with E-state index in [1.54, 1.807) is 23.5 Å². The minimum atomic E-state index is -0.939. The van der Waals surface area contributed by atoms with Crippen molar-refractivity contribution in [2.45, 2.75) is 58.3 Å². The molecule has 0 saturated heterocycles. The molecule has 1 heterocycles. The Bertz CT molecular complexity index is 1080. The molecule has 0 saturated carbocycles. The second-order valence-electron chi connectivity index (χ2n) is 9.06. The Balaban J connectivity index is 1.49. The third kappa shape index (κ3) is 9.93. The number of carbonyl (C=O) groups is 2. The molecule has 6 nitrogen and oxygen atoms in total.